The summed E-state index contributed by atoms with van der Waals surface area (Å²) in [4.78, 5) is 25.6. The molecule has 0 aromatic heterocycles. The minimum absolute atomic E-state index is 0.197. The Kier molecular flexibility index (Phi) is 5.67. The van der Waals surface area contributed by atoms with Crippen molar-refractivity contribution in [2.24, 2.45) is 0 Å². The van der Waals surface area contributed by atoms with Gasteiger partial charge in [0.25, 0.3) is 5.91 Å². The molecule has 4 heteroatoms. The number of aryl methyl sites for hydroxylation is 2. The molecule has 0 spiro atoms. The van der Waals surface area contributed by atoms with Gasteiger partial charge < -0.3 is 10.6 Å². The molecule has 0 aliphatic carbocycles. The molecule has 0 saturated heterocycles. The Balaban J connectivity index is 1.85. The van der Waals surface area contributed by atoms with Crippen LogP contribution < -0.4 is 10.6 Å². The lowest BCUT2D eigenvalue weighted by Gasteiger charge is -2.21. The van der Waals surface area contributed by atoms with Gasteiger partial charge in [0, 0.05) is 16.8 Å². The molecule has 0 bridgehead atoms. The minimum atomic E-state index is -0.872. The van der Waals surface area contributed by atoms with Crippen molar-refractivity contribution in [3.05, 3.63) is 101 Å². The minimum Gasteiger partial charge on any atom is -0.359 e. The van der Waals surface area contributed by atoms with Gasteiger partial charge in [-0.1, -0.05) is 60.2 Å². The average molecular weight is 358 g/mol. The molecule has 3 aromatic rings. The SMILES string of the molecule is Cc1ccc(C(=O)NC(Nc2cccc(C)c2)C(=O)c2ccccc2)cc1. The number of benzene rings is 3. The molecule has 1 atom stereocenters. The van der Waals surface area contributed by atoms with Gasteiger partial charge in [0.05, 0.1) is 0 Å². The molecule has 1 amide bonds. The molecular weight excluding hydrogens is 336 g/mol. The topological polar surface area (TPSA) is 58.2 Å². The van der Waals surface area contributed by atoms with E-state index in [4.69, 9.17) is 0 Å². The van der Waals surface area contributed by atoms with Crippen molar-refractivity contribution in [1.29, 1.82) is 0 Å². The van der Waals surface area contributed by atoms with Crippen LogP contribution >= 0.6 is 0 Å². The van der Waals surface area contributed by atoms with Gasteiger partial charge in [0.1, 0.15) is 0 Å². The summed E-state index contributed by atoms with van der Waals surface area (Å²) in [6, 6.07) is 23.9. The largest absolute Gasteiger partial charge is 0.359 e. The van der Waals surface area contributed by atoms with Gasteiger partial charge >= 0.3 is 0 Å². The van der Waals surface area contributed by atoms with Crippen molar-refractivity contribution in [3.63, 3.8) is 0 Å². The predicted molar refractivity (Wildman–Crippen MR) is 108 cm³/mol. The van der Waals surface area contributed by atoms with Gasteiger partial charge in [-0.25, -0.2) is 0 Å². The zero-order valence-corrected chi connectivity index (χ0v) is 15.4. The number of amides is 1. The summed E-state index contributed by atoms with van der Waals surface area (Å²) in [5.41, 5.74) is 3.95. The standard InChI is InChI=1S/C23H22N2O2/c1-16-11-13-19(14-12-16)23(27)25-22(21(26)18-8-4-3-5-9-18)24-20-10-6-7-17(2)15-20/h3-15,22,24H,1-2H3,(H,25,27). The van der Waals surface area contributed by atoms with Crippen LogP contribution in [0, 0.1) is 13.8 Å². The highest BCUT2D eigenvalue weighted by molar-refractivity contribution is 6.05. The number of anilines is 1. The number of nitrogens with one attached hydrogen (secondary N) is 2. The lowest BCUT2D eigenvalue weighted by molar-refractivity contribution is 0.0869. The Morgan fingerprint density at radius 1 is 0.741 bits per heavy atom. The molecule has 1 unspecified atom stereocenters. The Morgan fingerprint density at radius 2 is 1.44 bits per heavy atom. The molecule has 0 saturated carbocycles. The fourth-order valence-corrected chi connectivity index (χ4v) is 2.76. The van der Waals surface area contributed by atoms with E-state index >= 15 is 0 Å². The Morgan fingerprint density at radius 3 is 2.11 bits per heavy atom. The summed E-state index contributed by atoms with van der Waals surface area (Å²) in [7, 11) is 0. The first kappa shape index (κ1) is 18.4. The van der Waals surface area contributed by atoms with Crippen LogP contribution in [0.5, 0.6) is 0 Å². The van der Waals surface area contributed by atoms with Crippen LogP contribution in [0.25, 0.3) is 0 Å². The fourth-order valence-electron chi connectivity index (χ4n) is 2.76. The van der Waals surface area contributed by atoms with Crippen molar-refractivity contribution in [2.45, 2.75) is 20.0 Å². The van der Waals surface area contributed by atoms with Crippen LogP contribution in [0.1, 0.15) is 31.8 Å². The molecule has 3 aromatic carbocycles. The molecule has 2 N–H and O–H groups in total. The highest BCUT2D eigenvalue weighted by atomic mass is 16.2. The van der Waals surface area contributed by atoms with Crippen molar-refractivity contribution in [1.82, 2.24) is 5.32 Å². The molecule has 0 aliphatic heterocycles. The average Bonchev–Trinajstić information content (AvgIpc) is 2.68. The number of carbonyl (C=O) groups is 2. The van der Waals surface area contributed by atoms with E-state index in [1.807, 2.05) is 56.3 Å². The van der Waals surface area contributed by atoms with Gasteiger partial charge in [0.2, 0.25) is 5.78 Å². The van der Waals surface area contributed by atoms with Crippen LogP contribution in [0.15, 0.2) is 78.9 Å². The number of ketones is 1. The van der Waals surface area contributed by atoms with E-state index in [1.165, 1.54) is 0 Å². The molecular formula is C23H22N2O2. The van der Waals surface area contributed by atoms with Crippen molar-refractivity contribution >= 4 is 17.4 Å². The van der Waals surface area contributed by atoms with E-state index in [1.54, 1.807) is 36.4 Å². The summed E-state index contributed by atoms with van der Waals surface area (Å²) in [5.74, 6) is -0.498. The summed E-state index contributed by atoms with van der Waals surface area (Å²) in [5, 5.41) is 5.97. The van der Waals surface area contributed by atoms with Crippen LogP contribution in [0.3, 0.4) is 0 Å². The number of Topliss-reactive ketones (excluding diaryl/α,β-unsaturated/α-hetero) is 1. The first-order chi connectivity index (χ1) is 13.0. The zero-order chi connectivity index (χ0) is 19.2. The summed E-state index contributed by atoms with van der Waals surface area (Å²) >= 11 is 0. The first-order valence-electron chi connectivity index (χ1n) is 8.83. The van der Waals surface area contributed by atoms with E-state index in [0.29, 0.717) is 11.1 Å². The third-order valence-electron chi connectivity index (χ3n) is 4.24. The van der Waals surface area contributed by atoms with E-state index in [0.717, 1.165) is 16.8 Å². The van der Waals surface area contributed by atoms with E-state index in [9.17, 15) is 9.59 Å². The van der Waals surface area contributed by atoms with Crippen molar-refractivity contribution < 1.29 is 9.59 Å². The lowest BCUT2D eigenvalue weighted by Crippen LogP contribution is -2.46. The Hall–Kier alpha value is -3.40. The maximum atomic E-state index is 13.0. The second kappa shape index (κ2) is 8.32. The van der Waals surface area contributed by atoms with Gasteiger partial charge in [0.15, 0.2) is 6.17 Å². The maximum absolute atomic E-state index is 13.0. The first-order valence-corrected chi connectivity index (χ1v) is 8.83. The number of rotatable bonds is 6. The molecule has 0 heterocycles. The zero-order valence-electron chi connectivity index (χ0n) is 15.4. The van der Waals surface area contributed by atoms with E-state index in [2.05, 4.69) is 10.6 Å². The van der Waals surface area contributed by atoms with Gasteiger partial charge in [-0.2, -0.15) is 0 Å². The van der Waals surface area contributed by atoms with Gasteiger partial charge in [-0.05, 0) is 43.7 Å². The van der Waals surface area contributed by atoms with Gasteiger partial charge in [-0.3, -0.25) is 9.59 Å². The fraction of sp³-hybridized carbons (Fsp3) is 0.130. The van der Waals surface area contributed by atoms with Crippen LogP contribution in [0.2, 0.25) is 0 Å². The predicted octanol–water partition coefficient (Wildman–Crippen LogP) is 4.35. The molecule has 0 fully saturated rings. The monoisotopic (exact) mass is 358 g/mol. The number of carbonyl (C=O) groups excluding carboxylic acids is 2. The van der Waals surface area contributed by atoms with Gasteiger partial charge in [-0.15, -0.1) is 0 Å². The molecule has 4 nitrogen and oxygen atoms in total. The third kappa shape index (κ3) is 4.82. The van der Waals surface area contributed by atoms with E-state index < -0.39 is 6.17 Å². The summed E-state index contributed by atoms with van der Waals surface area (Å²) in [6.07, 6.45) is -0.872. The molecule has 27 heavy (non-hydrogen) atoms. The smallest absolute Gasteiger partial charge is 0.253 e. The highest BCUT2D eigenvalue weighted by Gasteiger charge is 2.22. The second-order valence-electron chi connectivity index (χ2n) is 6.52. The Labute approximate surface area is 159 Å². The van der Waals surface area contributed by atoms with Crippen LogP contribution in [-0.2, 0) is 0 Å². The normalized spacial score (nSPS) is 11.5. The molecule has 0 radical (unpaired) electrons. The lowest BCUT2D eigenvalue weighted by atomic mass is 10.1. The second-order valence-corrected chi connectivity index (χ2v) is 6.52. The summed E-state index contributed by atoms with van der Waals surface area (Å²) < 4.78 is 0. The van der Waals surface area contributed by atoms with Crippen LogP contribution in [0.4, 0.5) is 5.69 Å². The number of hydrogen-bond acceptors (Lipinski definition) is 3. The van der Waals surface area contributed by atoms with Crippen LogP contribution in [-0.4, -0.2) is 17.9 Å². The maximum Gasteiger partial charge on any atom is 0.253 e. The Bertz CT molecular complexity index is 934. The summed E-state index contributed by atoms with van der Waals surface area (Å²) in [6.45, 7) is 3.94. The van der Waals surface area contributed by atoms with Crippen molar-refractivity contribution in [2.75, 3.05) is 5.32 Å². The third-order valence-corrected chi connectivity index (χ3v) is 4.24. The number of hydrogen-bond donors (Lipinski definition) is 2. The molecule has 136 valence electrons. The van der Waals surface area contributed by atoms with E-state index in [-0.39, 0.29) is 11.7 Å². The van der Waals surface area contributed by atoms with Crippen molar-refractivity contribution in [3.8, 4) is 0 Å². The molecule has 0 aliphatic rings. The molecule has 3 rings (SSSR count). The quantitative estimate of drug-likeness (QED) is 0.509. The highest BCUT2D eigenvalue weighted by Crippen LogP contribution is 2.13.